The van der Waals surface area contributed by atoms with Gasteiger partial charge in [-0.15, -0.1) is 0 Å². The topological polar surface area (TPSA) is 41.6 Å². The zero-order valence-electron chi connectivity index (χ0n) is 11.3. The molecule has 1 N–H and O–H groups in total. The largest absolute Gasteiger partial charge is 0.417 e. The maximum Gasteiger partial charge on any atom is 0.417 e. The van der Waals surface area contributed by atoms with Crippen molar-refractivity contribution in [2.24, 2.45) is 0 Å². The second-order valence-corrected chi connectivity index (χ2v) is 4.77. The van der Waals surface area contributed by atoms with Crippen molar-refractivity contribution in [2.45, 2.75) is 0 Å². The van der Waals surface area contributed by atoms with Gasteiger partial charge in [0.2, 0.25) is 0 Å². The Bertz CT molecular complexity index is 600. The van der Waals surface area contributed by atoms with Crippen LogP contribution in [0.15, 0.2) is 48.5 Å². The van der Waals surface area contributed by atoms with Gasteiger partial charge in [0.1, 0.15) is 5.75 Å². The summed E-state index contributed by atoms with van der Waals surface area (Å²) in [5, 5.41) is 3.26. The average Bonchev–Trinajstić information content (AvgIpc) is 2.39. The van der Waals surface area contributed by atoms with E-state index >= 15 is 0 Å². The molecule has 0 bridgehead atoms. The first kappa shape index (κ1) is 14.2. The fourth-order valence-electron chi connectivity index (χ4n) is 1.80. The van der Waals surface area contributed by atoms with Gasteiger partial charge in [-0.1, -0.05) is 35.9 Å². The summed E-state index contributed by atoms with van der Waals surface area (Å²) in [6.07, 6.45) is -0.554. The minimum absolute atomic E-state index is 0.485. The number of ether oxygens (including phenoxy) is 1. The van der Waals surface area contributed by atoms with Gasteiger partial charge in [0.05, 0.1) is 16.4 Å². The quantitative estimate of drug-likeness (QED) is 0.928. The molecule has 104 valence electrons. The number of amides is 1. The van der Waals surface area contributed by atoms with E-state index in [0.717, 1.165) is 5.69 Å². The Hall–Kier alpha value is -2.20. The van der Waals surface area contributed by atoms with Gasteiger partial charge in [0.25, 0.3) is 0 Å². The van der Waals surface area contributed by atoms with E-state index in [9.17, 15) is 4.79 Å². The van der Waals surface area contributed by atoms with E-state index in [1.807, 2.05) is 25.1 Å². The molecule has 0 aliphatic carbocycles. The molecule has 2 aromatic carbocycles. The van der Waals surface area contributed by atoms with Crippen LogP contribution in [0, 0.1) is 0 Å². The highest BCUT2D eigenvalue weighted by Crippen LogP contribution is 2.32. The molecule has 0 atom stereocenters. The van der Waals surface area contributed by atoms with Gasteiger partial charge in [-0.25, -0.2) is 4.79 Å². The molecular formula is C15H15ClN2O2. The summed E-state index contributed by atoms with van der Waals surface area (Å²) in [5.74, 6) is 0.485. The summed E-state index contributed by atoms with van der Waals surface area (Å²) >= 11 is 6.13. The lowest BCUT2D eigenvalue weighted by atomic mass is 10.2. The van der Waals surface area contributed by atoms with Crippen LogP contribution in [-0.4, -0.2) is 20.2 Å². The number of anilines is 2. The molecule has 5 heteroatoms. The molecule has 2 rings (SSSR count). The van der Waals surface area contributed by atoms with Crippen molar-refractivity contribution in [3.8, 4) is 5.75 Å². The van der Waals surface area contributed by atoms with Gasteiger partial charge in [0.15, 0.2) is 0 Å². The van der Waals surface area contributed by atoms with E-state index in [1.165, 1.54) is 0 Å². The van der Waals surface area contributed by atoms with Crippen LogP contribution in [0.25, 0.3) is 0 Å². The summed E-state index contributed by atoms with van der Waals surface area (Å²) in [6.45, 7) is 0. The molecular weight excluding hydrogens is 276 g/mol. The Balaban J connectivity index is 2.14. The maximum absolute atomic E-state index is 11.9. The van der Waals surface area contributed by atoms with Gasteiger partial charge in [-0.2, -0.15) is 0 Å². The molecule has 0 heterocycles. The van der Waals surface area contributed by atoms with Crippen LogP contribution in [0.3, 0.4) is 0 Å². The molecule has 1 amide bonds. The molecule has 0 radical (unpaired) electrons. The van der Waals surface area contributed by atoms with Gasteiger partial charge >= 0.3 is 6.09 Å². The Morgan fingerprint density at radius 2 is 1.80 bits per heavy atom. The minimum atomic E-state index is -0.554. The molecule has 4 nitrogen and oxygen atoms in total. The van der Waals surface area contributed by atoms with E-state index in [2.05, 4.69) is 5.32 Å². The van der Waals surface area contributed by atoms with Crippen molar-refractivity contribution < 1.29 is 9.53 Å². The molecule has 2 aromatic rings. The SMILES string of the molecule is CN(C)c1c(Cl)cccc1NC(=O)Oc1ccccc1. The summed E-state index contributed by atoms with van der Waals surface area (Å²) in [6, 6.07) is 14.2. The highest BCUT2D eigenvalue weighted by molar-refractivity contribution is 6.34. The van der Waals surface area contributed by atoms with Crippen LogP contribution in [0.4, 0.5) is 16.2 Å². The monoisotopic (exact) mass is 290 g/mol. The fourth-order valence-corrected chi connectivity index (χ4v) is 2.15. The van der Waals surface area contributed by atoms with E-state index in [-0.39, 0.29) is 0 Å². The lowest BCUT2D eigenvalue weighted by molar-refractivity contribution is 0.215. The van der Waals surface area contributed by atoms with Crippen molar-refractivity contribution in [1.82, 2.24) is 0 Å². The number of hydrogen-bond donors (Lipinski definition) is 1. The minimum Gasteiger partial charge on any atom is -0.410 e. The van der Waals surface area contributed by atoms with Crippen LogP contribution in [0.5, 0.6) is 5.75 Å². The Morgan fingerprint density at radius 3 is 2.45 bits per heavy atom. The standard InChI is InChI=1S/C15H15ClN2O2/c1-18(2)14-12(16)9-6-10-13(14)17-15(19)20-11-7-4-3-5-8-11/h3-10H,1-2H3,(H,17,19). The fraction of sp³-hybridized carbons (Fsp3) is 0.133. The third-order valence-corrected chi connectivity index (χ3v) is 2.93. The highest BCUT2D eigenvalue weighted by atomic mass is 35.5. The predicted octanol–water partition coefficient (Wildman–Crippen LogP) is 4.02. The normalized spacial score (nSPS) is 9.95. The summed E-state index contributed by atoms with van der Waals surface area (Å²) in [5.41, 5.74) is 1.34. The molecule has 0 aliphatic rings. The number of carbonyl (C=O) groups is 1. The van der Waals surface area contributed by atoms with Crippen molar-refractivity contribution in [1.29, 1.82) is 0 Å². The van der Waals surface area contributed by atoms with Crippen molar-refractivity contribution >= 4 is 29.1 Å². The predicted molar refractivity (Wildman–Crippen MR) is 81.9 cm³/mol. The third-order valence-electron chi connectivity index (χ3n) is 2.62. The van der Waals surface area contributed by atoms with Crippen LogP contribution < -0.4 is 15.0 Å². The smallest absolute Gasteiger partial charge is 0.410 e. The molecule has 20 heavy (non-hydrogen) atoms. The van der Waals surface area contributed by atoms with Gasteiger partial charge in [0, 0.05) is 14.1 Å². The Kier molecular flexibility index (Phi) is 4.48. The summed E-state index contributed by atoms with van der Waals surface area (Å²) in [7, 11) is 3.71. The first-order chi connectivity index (χ1) is 9.58. The number of rotatable bonds is 3. The summed E-state index contributed by atoms with van der Waals surface area (Å²) in [4.78, 5) is 13.7. The zero-order valence-corrected chi connectivity index (χ0v) is 12.0. The molecule has 0 fully saturated rings. The first-order valence-corrected chi connectivity index (χ1v) is 6.45. The van der Waals surface area contributed by atoms with Gasteiger partial charge in [-0.3, -0.25) is 5.32 Å². The number of nitrogens with zero attached hydrogens (tertiary/aromatic N) is 1. The lowest BCUT2D eigenvalue weighted by Crippen LogP contribution is -2.19. The number of benzene rings is 2. The van der Waals surface area contributed by atoms with E-state index in [4.69, 9.17) is 16.3 Å². The highest BCUT2D eigenvalue weighted by Gasteiger charge is 2.12. The van der Waals surface area contributed by atoms with Gasteiger partial charge < -0.3 is 9.64 Å². The van der Waals surface area contributed by atoms with Gasteiger partial charge in [-0.05, 0) is 24.3 Å². The van der Waals surface area contributed by atoms with Crippen LogP contribution in [-0.2, 0) is 0 Å². The number of carbonyl (C=O) groups excluding carboxylic acids is 1. The molecule has 0 unspecified atom stereocenters. The van der Waals surface area contributed by atoms with E-state index in [1.54, 1.807) is 42.5 Å². The number of halogens is 1. The Labute approximate surface area is 122 Å². The van der Waals surface area contributed by atoms with Crippen molar-refractivity contribution in [3.05, 3.63) is 53.6 Å². The molecule has 0 saturated carbocycles. The van der Waals surface area contributed by atoms with Crippen molar-refractivity contribution in [3.63, 3.8) is 0 Å². The van der Waals surface area contributed by atoms with Crippen LogP contribution >= 0.6 is 11.6 Å². The number of para-hydroxylation sites is 2. The third kappa shape index (κ3) is 3.42. The van der Waals surface area contributed by atoms with Crippen LogP contribution in [0.2, 0.25) is 5.02 Å². The average molecular weight is 291 g/mol. The van der Waals surface area contributed by atoms with Crippen LogP contribution in [0.1, 0.15) is 0 Å². The van der Waals surface area contributed by atoms with E-state index < -0.39 is 6.09 Å². The second-order valence-electron chi connectivity index (χ2n) is 4.36. The first-order valence-electron chi connectivity index (χ1n) is 6.07. The maximum atomic E-state index is 11.9. The lowest BCUT2D eigenvalue weighted by Gasteiger charge is -2.19. The summed E-state index contributed by atoms with van der Waals surface area (Å²) < 4.78 is 5.18. The Morgan fingerprint density at radius 1 is 1.10 bits per heavy atom. The molecule has 0 aromatic heterocycles. The van der Waals surface area contributed by atoms with Crippen molar-refractivity contribution in [2.75, 3.05) is 24.3 Å². The number of nitrogens with one attached hydrogen (secondary N) is 1. The molecule has 0 aliphatic heterocycles. The zero-order chi connectivity index (χ0) is 14.5. The molecule has 0 saturated heterocycles. The van der Waals surface area contributed by atoms with E-state index in [0.29, 0.717) is 16.5 Å². The molecule has 0 spiro atoms. The number of hydrogen-bond acceptors (Lipinski definition) is 3. The second kappa shape index (κ2) is 6.30.